The highest BCUT2D eigenvalue weighted by Crippen LogP contribution is 2.41. The molecule has 0 aliphatic heterocycles. The molecule has 0 aromatic heterocycles. The fourth-order valence-electron chi connectivity index (χ4n) is 6.78. The standard InChI is InChI=1S/C29H56N2/c1-18(2)23-14-12-15-24(19(3)4)27(23)30-22(9)29(10,11)31-28-25(20(5)6)16-13-17-26(28)21(7)8/h18-21,23-28,31H,12-17H2,1-11H3. The second kappa shape index (κ2) is 11.2. The Hall–Kier alpha value is -0.370. The maximum absolute atomic E-state index is 5.57. The van der Waals surface area contributed by atoms with Gasteiger partial charge in [-0.2, -0.15) is 0 Å². The van der Waals surface area contributed by atoms with Gasteiger partial charge in [0.1, 0.15) is 0 Å². The Morgan fingerprint density at radius 2 is 1.03 bits per heavy atom. The topological polar surface area (TPSA) is 24.4 Å². The van der Waals surface area contributed by atoms with E-state index in [2.05, 4.69) is 81.5 Å². The van der Waals surface area contributed by atoms with Gasteiger partial charge in [-0.25, -0.2) is 0 Å². The minimum absolute atomic E-state index is 0.0528. The average molecular weight is 433 g/mol. The summed E-state index contributed by atoms with van der Waals surface area (Å²) in [6.07, 6.45) is 8.22. The van der Waals surface area contributed by atoms with Crippen LogP contribution in [0.15, 0.2) is 4.99 Å². The highest BCUT2D eigenvalue weighted by molar-refractivity contribution is 5.91. The van der Waals surface area contributed by atoms with E-state index in [4.69, 9.17) is 4.99 Å². The molecule has 2 saturated carbocycles. The third-order valence-corrected chi connectivity index (χ3v) is 9.15. The molecule has 1 N–H and O–H groups in total. The molecule has 2 rings (SSSR count). The van der Waals surface area contributed by atoms with Crippen molar-refractivity contribution in [1.29, 1.82) is 0 Å². The monoisotopic (exact) mass is 432 g/mol. The molecule has 2 heteroatoms. The highest BCUT2D eigenvalue weighted by Gasteiger charge is 2.41. The van der Waals surface area contributed by atoms with Crippen LogP contribution in [0.5, 0.6) is 0 Å². The summed E-state index contributed by atoms with van der Waals surface area (Å²) in [6, 6.07) is 1.09. The molecule has 2 nitrogen and oxygen atoms in total. The van der Waals surface area contributed by atoms with Crippen molar-refractivity contribution in [3.63, 3.8) is 0 Å². The fourth-order valence-corrected chi connectivity index (χ4v) is 6.78. The molecular formula is C29H56N2. The summed E-state index contributed by atoms with van der Waals surface area (Å²) < 4.78 is 0. The molecule has 0 bridgehead atoms. The molecule has 4 unspecified atom stereocenters. The second-order valence-electron chi connectivity index (χ2n) is 13.0. The van der Waals surface area contributed by atoms with Crippen LogP contribution in [0.1, 0.15) is 115 Å². The highest BCUT2D eigenvalue weighted by atomic mass is 15.0. The lowest BCUT2D eigenvalue weighted by Gasteiger charge is -2.47. The zero-order valence-corrected chi connectivity index (χ0v) is 23.0. The van der Waals surface area contributed by atoms with Crippen LogP contribution in [0.3, 0.4) is 0 Å². The first-order chi connectivity index (χ1) is 14.4. The number of hydrogen-bond donors (Lipinski definition) is 1. The Labute approximate surface area is 195 Å². The summed E-state index contributed by atoms with van der Waals surface area (Å²) in [7, 11) is 0. The lowest BCUT2D eigenvalue weighted by Crippen LogP contribution is -2.58. The van der Waals surface area contributed by atoms with Gasteiger partial charge in [-0.3, -0.25) is 4.99 Å². The lowest BCUT2D eigenvalue weighted by atomic mass is 9.67. The predicted molar refractivity (Wildman–Crippen MR) is 139 cm³/mol. The van der Waals surface area contributed by atoms with Crippen molar-refractivity contribution < 1.29 is 0 Å². The molecule has 182 valence electrons. The van der Waals surface area contributed by atoms with Crippen molar-refractivity contribution in [1.82, 2.24) is 5.32 Å². The molecule has 0 saturated heterocycles. The lowest BCUT2D eigenvalue weighted by molar-refractivity contribution is 0.0994. The van der Waals surface area contributed by atoms with Crippen LogP contribution in [0.4, 0.5) is 0 Å². The van der Waals surface area contributed by atoms with Gasteiger partial charge in [-0.1, -0.05) is 68.2 Å². The van der Waals surface area contributed by atoms with Crippen molar-refractivity contribution in [3.05, 3.63) is 0 Å². The van der Waals surface area contributed by atoms with E-state index in [1.165, 1.54) is 44.2 Å². The molecular weight excluding hydrogens is 376 g/mol. The van der Waals surface area contributed by atoms with Gasteiger partial charge in [0.25, 0.3) is 0 Å². The normalized spacial score (nSPS) is 33.7. The van der Waals surface area contributed by atoms with Crippen molar-refractivity contribution >= 4 is 5.71 Å². The number of hydrogen-bond acceptors (Lipinski definition) is 2. The van der Waals surface area contributed by atoms with Crippen LogP contribution in [-0.2, 0) is 0 Å². The molecule has 2 fully saturated rings. The Morgan fingerprint density at radius 1 is 0.677 bits per heavy atom. The molecule has 2 aliphatic rings. The van der Waals surface area contributed by atoms with E-state index < -0.39 is 0 Å². The van der Waals surface area contributed by atoms with Crippen LogP contribution < -0.4 is 5.32 Å². The minimum Gasteiger partial charge on any atom is -0.303 e. The largest absolute Gasteiger partial charge is 0.303 e. The maximum atomic E-state index is 5.57. The average Bonchev–Trinajstić information content (AvgIpc) is 2.67. The first-order valence-electron chi connectivity index (χ1n) is 13.7. The smallest absolute Gasteiger partial charge is 0.0560 e. The summed E-state index contributed by atoms with van der Waals surface area (Å²) in [4.78, 5) is 5.57. The molecule has 2 aliphatic carbocycles. The summed E-state index contributed by atoms with van der Waals surface area (Å²) in [5.41, 5.74) is 1.27. The number of nitrogens with zero attached hydrogens (tertiary/aromatic N) is 1. The van der Waals surface area contributed by atoms with Crippen molar-refractivity contribution in [3.8, 4) is 0 Å². The Balaban J connectivity index is 2.31. The van der Waals surface area contributed by atoms with E-state index >= 15 is 0 Å². The van der Waals surface area contributed by atoms with Crippen LogP contribution in [0.25, 0.3) is 0 Å². The summed E-state index contributed by atoms with van der Waals surface area (Å²) in [6.45, 7) is 26.5. The number of rotatable bonds is 8. The predicted octanol–water partition coefficient (Wildman–Crippen LogP) is 8.01. The van der Waals surface area contributed by atoms with Gasteiger partial charge < -0.3 is 5.32 Å². The van der Waals surface area contributed by atoms with E-state index in [-0.39, 0.29) is 5.54 Å². The van der Waals surface area contributed by atoms with Gasteiger partial charge in [0.05, 0.1) is 11.6 Å². The van der Waals surface area contributed by atoms with Gasteiger partial charge in [0.2, 0.25) is 0 Å². The van der Waals surface area contributed by atoms with E-state index in [0.717, 1.165) is 35.5 Å². The first kappa shape index (κ1) is 26.9. The maximum Gasteiger partial charge on any atom is 0.0560 e. The van der Waals surface area contributed by atoms with Crippen molar-refractivity contribution in [2.45, 2.75) is 132 Å². The zero-order chi connectivity index (χ0) is 23.5. The van der Waals surface area contributed by atoms with Crippen LogP contribution in [0.2, 0.25) is 0 Å². The Morgan fingerprint density at radius 3 is 1.39 bits per heavy atom. The summed E-state index contributed by atoms with van der Waals surface area (Å²) in [5, 5.41) is 4.20. The number of nitrogens with one attached hydrogen (secondary N) is 1. The van der Waals surface area contributed by atoms with E-state index in [1.807, 2.05) is 0 Å². The number of aliphatic imine (C=N–C) groups is 1. The van der Waals surface area contributed by atoms with Gasteiger partial charge in [-0.05, 0) is 93.8 Å². The molecule has 0 spiro atoms. The van der Waals surface area contributed by atoms with Gasteiger partial charge in [-0.15, -0.1) is 0 Å². The quantitative estimate of drug-likeness (QED) is 0.386. The fraction of sp³-hybridized carbons (Fsp3) is 0.966. The second-order valence-corrected chi connectivity index (χ2v) is 13.0. The molecule has 0 radical (unpaired) electrons. The molecule has 0 amide bonds. The van der Waals surface area contributed by atoms with E-state index in [0.29, 0.717) is 23.9 Å². The molecule has 4 atom stereocenters. The first-order valence-corrected chi connectivity index (χ1v) is 13.7. The van der Waals surface area contributed by atoms with Crippen LogP contribution in [0, 0.1) is 47.3 Å². The van der Waals surface area contributed by atoms with Crippen molar-refractivity contribution in [2.24, 2.45) is 52.3 Å². The zero-order valence-electron chi connectivity index (χ0n) is 23.0. The molecule has 0 aromatic carbocycles. The van der Waals surface area contributed by atoms with Crippen LogP contribution >= 0.6 is 0 Å². The minimum atomic E-state index is -0.0528. The molecule has 31 heavy (non-hydrogen) atoms. The Kier molecular flexibility index (Phi) is 9.68. The summed E-state index contributed by atoms with van der Waals surface area (Å²) in [5.74, 6) is 5.91. The SMILES string of the molecule is CC(=NC1C(C(C)C)CCCC1C(C)C)C(C)(C)NC1C(C(C)C)CCCC1C(C)C. The van der Waals surface area contributed by atoms with Gasteiger partial charge >= 0.3 is 0 Å². The summed E-state index contributed by atoms with van der Waals surface area (Å²) >= 11 is 0. The Bertz CT molecular complexity index is 539. The van der Waals surface area contributed by atoms with E-state index in [9.17, 15) is 0 Å². The van der Waals surface area contributed by atoms with Crippen LogP contribution in [-0.4, -0.2) is 23.3 Å². The van der Waals surface area contributed by atoms with E-state index in [1.54, 1.807) is 0 Å². The van der Waals surface area contributed by atoms with Gasteiger partial charge in [0, 0.05) is 11.8 Å². The molecule has 0 aromatic rings. The third-order valence-electron chi connectivity index (χ3n) is 9.15. The third kappa shape index (κ3) is 6.58. The van der Waals surface area contributed by atoms with Gasteiger partial charge in [0.15, 0.2) is 0 Å². The van der Waals surface area contributed by atoms with Crippen molar-refractivity contribution in [2.75, 3.05) is 0 Å². The molecule has 0 heterocycles.